The summed E-state index contributed by atoms with van der Waals surface area (Å²) in [6.45, 7) is 5.04. The van der Waals surface area contributed by atoms with Crippen LogP contribution in [0.3, 0.4) is 0 Å². The van der Waals surface area contributed by atoms with Crippen molar-refractivity contribution in [2.24, 2.45) is 4.99 Å². The number of aliphatic hydroxyl groups excluding tert-OH is 1. The van der Waals surface area contributed by atoms with Crippen LogP contribution in [-0.4, -0.2) is 87.1 Å². The zero-order chi connectivity index (χ0) is 29.9. The lowest BCUT2D eigenvalue weighted by atomic mass is 9.82. The van der Waals surface area contributed by atoms with E-state index in [0.717, 1.165) is 49.5 Å². The molecule has 10 nitrogen and oxygen atoms in total. The number of nitrogens with zero attached hydrogens (tertiary/aromatic N) is 2. The smallest absolute Gasteiger partial charge is 0.266 e. The molecule has 1 amide bonds. The molecule has 3 aromatic rings. The van der Waals surface area contributed by atoms with Crippen molar-refractivity contribution in [1.82, 2.24) is 15.8 Å². The SMILES string of the molecule is COc1cccc([C@@H]2OC(c3ccc(OCCCO)cc3)=N[C@]2(Cc2ccccc2)C(=O)NNCCN2CCOCC2)c1. The molecule has 3 N–H and O–H groups in total. The lowest BCUT2D eigenvalue weighted by molar-refractivity contribution is -0.130. The Morgan fingerprint density at radius 1 is 1.05 bits per heavy atom. The van der Waals surface area contributed by atoms with Crippen molar-refractivity contribution in [2.75, 3.05) is 59.7 Å². The van der Waals surface area contributed by atoms with Crippen molar-refractivity contribution < 1.29 is 28.8 Å². The molecular weight excluding hydrogens is 548 g/mol. The molecule has 5 rings (SSSR count). The zero-order valence-corrected chi connectivity index (χ0v) is 24.5. The van der Waals surface area contributed by atoms with E-state index in [9.17, 15) is 4.79 Å². The molecule has 2 aliphatic heterocycles. The minimum Gasteiger partial charge on any atom is -0.497 e. The molecular formula is C33H40N4O6. The van der Waals surface area contributed by atoms with E-state index in [4.69, 9.17) is 29.0 Å². The van der Waals surface area contributed by atoms with E-state index in [0.29, 0.717) is 43.4 Å². The normalized spacial score (nSPS) is 20.2. The van der Waals surface area contributed by atoms with E-state index in [1.165, 1.54) is 0 Å². The van der Waals surface area contributed by atoms with Gasteiger partial charge in [0.1, 0.15) is 11.5 Å². The number of benzene rings is 3. The van der Waals surface area contributed by atoms with Gasteiger partial charge in [0.2, 0.25) is 5.90 Å². The summed E-state index contributed by atoms with van der Waals surface area (Å²) in [5.41, 5.74) is 7.24. The maximum absolute atomic E-state index is 14.3. The molecule has 10 heteroatoms. The Hall–Kier alpha value is -3.96. The number of nitrogens with one attached hydrogen (secondary N) is 2. The van der Waals surface area contributed by atoms with Gasteiger partial charge in [0.25, 0.3) is 5.91 Å². The third-order valence-corrected chi connectivity index (χ3v) is 7.60. The molecule has 2 aliphatic rings. The number of ether oxygens (including phenoxy) is 4. The summed E-state index contributed by atoms with van der Waals surface area (Å²) >= 11 is 0. The van der Waals surface area contributed by atoms with Crippen molar-refractivity contribution in [3.63, 3.8) is 0 Å². The van der Waals surface area contributed by atoms with E-state index in [1.807, 2.05) is 78.9 Å². The van der Waals surface area contributed by atoms with E-state index in [-0.39, 0.29) is 12.5 Å². The Labute approximate surface area is 252 Å². The highest BCUT2D eigenvalue weighted by molar-refractivity contribution is 6.01. The van der Waals surface area contributed by atoms with Gasteiger partial charge in [0, 0.05) is 51.2 Å². The molecule has 2 atom stereocenters. The van der Waals surface area contributed by atoms with Crippen LogP contribution in [0.5, 0.6) is 11.5 Å². The molecule has 0 aliphatic carbocycles. The highest BCUT2D eigenvalue weighted by atomic mass is 16.5. The summed E-state index contributed by atoms with van der Waals surface area (Å²) in [6.07, 6.45) is 0.148. The van der Waals surface area contributed by atoms with Gasteiger partial charge in [-0.1, -0.05) is 42.5 Å². The van der Waals surface area contributed by atoms with Crippen molar-refractivity contribution in [3.8, 4) is 11.5 Å². The van der Waals surface area contributed by atoms with Gasteiger partial charge in [0.05, 0.1) is 26.9 Å². The van der Waals surface area contributed by atoms with Gasteiger partial charge in [-0.3, -0.25) is 15.1 Å². The Kier molecular flexibility index (Phi) is 10.6. The summed E-state index contributed by atoms with van der Waals surface area (Å²) in [5, 5.41) is 9.05. The first-order chi connectivity index (χ1) is 21.1. The van der Waals surface area contributed by atoms with Crippen molar-refractivity contribution in [2.45, 2.75) is 24.5 Å². The largest absolute Gasteiger partial charge is 0.497 e. The maximum atomic E-state index is 14.3. The van der Waals surface area contributed by atoms with Gasteiger partial charge < -0.3 is 24.1 Å². The average Bonchev–Trinajstić information content (AvgIpc) is 3.45. The number of morpholine rings is 1. The van der Waals surface area contributed by atoms with Crippen LogP contribution in [0.1, 0.15) is 29.2 Å². The molecule has 0 unspecified atom stereocenters. The maximum Gasteiger partial charge on any atom is 0.266 e. The Morgan fingerprint density at radius 2 is 1.84 bits per heavy atom. The van der Waals surface area contributed by atoms with Crippen LogP contribution in [0.25, 0.3) is 0 Å². The minimum atomic E-state index is -1.31. The second kappa shape index (κ2) is 15.0. The number of methoxy groups -OCH3 is 1. The van der Waals surface area contributed by atoms with E-state index in [2.05, 4.69) is 15.8 Å². The standard InChI is InChI=1S/C33H40N4O6/c1-40-29-10-5-9-27(23-29)30-33(24-25-7-3-2-4-8-25,32(39)36-34-15-16-37-17-21-41-22-18-37)35-31(43-30)26-11-13-28(14-12-26)42-20-6-19-38/h2-5,7-14,23,30,34,38H,6,15-22,24H2,1H3,(H,36,39)/t30-,33-/m0/s1. The van der Waals surface area contributed by atoms with Crippen molar-refractivity contribution >= 4 is 11.8 Å². The number of carbonyl (C=O) groups is 1. The van der Waals surface area contributed by atoms with Gasteiger partial charge in [0.15, 0.2) is 11.6 Å². The summed E-state index contributed by atoms with van der Waals surface area (Å²) in [6, 6.07) is 24.8. The summed E-state index contributed by atoms with van der Waals surface area (Å²) < 4.78 is 23.2. The lowest BCUT2D eigenvalue weighted by Gasteiger charge is -2.31. The fourth-order valence-corrected chi connectivity index (χ4v) is 5.28. The highest BCUT2D eigenvalue weighted by Crippen LogP contribution is 2.43. The third kappa shape index (κ3) is 7.71. The summed E-state index contributed by atoms with van der Waals surface area (Å²) in [7, 11) is 1.61. The van der Waals surface area contributed by atoms with Crippen LogP contribution in [-0.2, 0) is 20.7 Å². The molecule has 0 saturated carbocycles. The number of hydrogen-bond acceptors (Lipinski definition) is 9. The number of hydrogen-bond donors (Lipinski definition) is 3. The van der Waals surface area contributed by atoms with Crippen molar-refractivity contribution in [3.05, 3.63) is 95.6 Å². The number of amides is 1. The van der Waals surface area contributed by atoms with Crippen LogP contribution < -0.4 is 20.3 Å². The van der Waals surface area contributed by atoms with Crippen LogP contribution in [0.2, 0.25) is 0 Å². The van der Waals surface area contributed by atoms with Crippen LogP contribution in [0.15, 0.2) is 83.9 Å². The Bertz CT molecular complexity index is 1350. The van der Waals surface area contributed by atoms with E-state index >= 15 is 0 Å². The fourth-order valence-electron chi connectivity index (χ4n) is 5.28. The molecule has 0 aromatic heterocycles. The van der Waals surface area contributed by atoms with Gasteiger partial charge in [-0.2, -0.15) is 0 Å². The van der Waals surface area contributed by atoms with Gasteiger partial charge >= 0.3 is 0 Å². The number of carbonyl (C=O) groups excluding carboxylic acids is 1. The first kappa shape index (κ1) is 30.5. The van der Waals surface area contributed by atoms with Gasteiger partial charge in [-0.15, -0.1) is 0 Å². The first-order valence-electron chi connectivity index (χ1n) is 14.7. The predicted octanol–water partition coefficient (Wildman–Crippen LogP) is 2.91. The van der Waals surface area contributed by atoms with Crippen LogP contribution >= 0.6 is 0 Å². The predicted molar refractivity (Wildman–Crippen MR) is 163 cm³/mol. The molecule has 0 radical (unpaired) electrons. The average molecular weight is 589 g/mol. The molecule has 228 valence electrons. The molecule has 1 fully saturated rings. The zero-order valence-electron chi connectivity index (χ0n) is 24.5. The van der Waals surface area contributed by atoms with Crippen LogP contribution in [0, 0.1) is 0 Å². The van der Waals surface area contributed by atoms with E-state index < -0.39 is 11.6 Å². The quantitative estimate of drug-likeness (QED) is 0.195. The number of rotatable bonds is 14. The Balaban J connectivity index is 1.45. The molecule has 0 spiro atoms. The second-order valence-electron chi connectivity index (χ2n) is 10.6. The summed E-state index contributed by atoms with van der Waals surface area (Å²) in [5.74, 6) is 1.42. The first-order valence-corrected chi connectivity index (χ1v) is 14.7. The van der Waals surface area contributed by atoms with E-state index in [1.54, 1.807) is 7.11 Å². The summed E-state index contributed by atoms with van der Waals surface area (Å²) in [4.78, 5) is 21.6. The minimum absolute atomic E-state index is 0.0715. The lowest BCUT2D eigenvalue weighted by Crippen LogP contribution is -2.55. The van der Waals surface area contributed by atoms with Crippen LogP contribution in [0.4, 0.5) is 0 Å². The molecule has 43 heavy (non-hydrogen) atoms. The number of aliphatic imine (C=N–C) groups is 1. The number of aliphatic hydroxyl groups is 1. The van der Waals surface area contributed by atoms with Gasteiger partial charge in [-0.05, 0) is 47.5 Å². The highest BCUT2D eigenvalue weighted by Gasteiger charge is 2.53. The topological polar surface area (TPSA) is 114 Å². The molecule has 2 heterocycles. The second-order valence-corrected chi connectivity index (χ2v) is 10.6. The third-order valence-electron chi connectivity index (χ3n) is 7.60. The van der Waals surface area contributed by atoms with Crippen molar-refractivity contribution in [1.29, 1.82) is 0 Å². The number of hydrazine groups is 1. The Morgan fingerprint density at radius 3 is 2.58 bits per heavy atom. The fraction of sp³-hybridized carbons (Fsp3) is 0.394. The van der Waals surface area contributed by atoms with Gasteiger partial charge in [-0.25, -0.2) is 10.4 Å². The monoisotopic (exact) mass is 588 g/mol. The molecule has 0 bridgehead atoms. The molecule has 3 aromatic carbocycles. The molecule has 1 saturated heterocycles.